The number of aliphatic hydroxyl groups is 2. The maximum absolute atomic E-state index is 12.3. The SMILES string of the molecule is C=NC(=N/C=C(\C)CC)N1CCC(COc2ccc(C3=CCC(C(=O)NC[C@H](O)CO)CC3)cc2)CC1. The zero-order chi connectivity index (χ0) is 26.6. The van der Waals surface area contributed by atoms with Crippen LogP contribution < -0.4 is 10.1 Å². The highest BCUT2D eigenvalue weighted by Crippen LogP contribution is 2.31. The Hall–Kier alpha value is -2.97. The number of allylic oxidation sites excluding steroid dienone is 3. The number of carbonyl (C=O) groups excluding carboxylic acids is 1. The number of aliphatic imine (C=N–C) groups is 2. The number of amides is 1. The maximum Gasteiger partial charge on any atom is 0.224 e. The molecule has 0 saturated carbocycles. The van der Waals surface area contributed by atoms with Crippen LogP contribution in [0.1, 0.15) is 57.9 Å². The molecule has 202 valence electrons. The molecule has 1 aromatic carbocycles. The summed E-state index contributed by atoms with van der Waals surface area (Å²) in [7, 11) is 0. The summed E-state index contributed by atoms with van der Waals surface area (Å²) < 4.78 is 6.10. The topological polar surface area (TPSA) is 107 Å². The van der Waals surface area contributed by atoms with Crippen LogP contribution in [-0.2, 0) is 4.79 Å². The third kappa shape index (κ3) is 8.83. The van der Waals surface area contributed by atoms with E-state index in [1.54, 1.807) is 0 Å². The molecule has 1 saturated heterocycles. The van der Waals surface area contributed by atoms with Gasteiger partial charge in [-0.1, -0.05) is 30.7 Å². The van der Waals surface area contributed by atoms with E-state index in [9.17, 15) is 9.90 Å². The number of piperidine rings is 1. The first-order valence-corrected chi connectivity index (χ1v) is 13.4. The smallest absolute Gasteiger partial charge is 0.224 e. The number of hydrogen-bond acceptors (Lipinski definition) is 5. The predicted molar refractivity (Wildman–Crippen MR) is 149 cm³/mol. The molecule has 1 aliphatic heterocycles. The van der Waals surface area contributed by atoms with Gasteiger partial charge in [-0.2, -0.15) is 0 Å². The Morgan fingerprint density at radius 3 is 2.59 bits per heavy atom. The Labute approximate surface area is 220 Å². The van der Waals surface area contributed by atoms with Gasteiger partial charge in [0.15, 0.2) is 0 Å². The van der Waals surface area contributed by atoms with E-state index < -0.39 is 6.10 Å². The van der Waals surface area contributed by atoms with Gasteiger partial charge in [0.1, 0.15) is 5.75 Å². The molecule has 0 radical (unpaired) electrons. The van der Waals surface area contributed by atoms with E-state index >= 15 is 0 Å². The van der Waals surface area contributed by atoms with Crippen molar-refractivity contribution in [2.45, 2.75) is 58.5 Å². The van der Waals surface area contributed by atoms with Gasteiger partial charge < -0.3 is 25.2 Å². The van der Waals surface area contributed by atoms with E-state index in [0.29, 0.717) is 24.9 Å². The molecule has 1 aromatic rings. The Bertz CT molecular complexity index is 978. The number of ether oxygens (including phenoxy) is 1. The molecule has 3 N–H and O–H groups in total. The molecule has 0 bridgehead atoms. The summed E-state index contributed by atoms with van der Waals surface area (Å²) >= 11 is 0. The van der Waals surface area contributed by atoms with Gasteiger partial charge in [0, 0.05) is 31.8 Å². The normalized spacial score (nSPS) is 20.3. The van der Waals surface area contributed by atoms with Gasteiger partial charge in [-0.3, -0.25) is 4.79 Å². The van der Waals surface area contributed by atoms with Crippen LogP contribution >= 0.6 is 0 Å². The third-order valence-corrected chi connectivity index (χ3v) is 7.21. The summed E-state index contributed by atoms with van der Waals surface area (Å²) in [6, 6.07) is 8.22. The molecule has 1 unspecified atom stereocenters. The van der Waals surface area contributed by atoms with Crippen molar-refractivity contribution in [3.63, 3.8) is 0 Å². The first kappa shape index (κ1) is 28.6. The first-order chi connectivity index (χ1) is 17.9. The van der Waals surface area contributed by atoms with Crippen LogP contribution in [0.5, 0.6) is 5.75 Å². The standard InChI is InChI=1S/C29H42N4O4/c1-4-21(2)17-32-29(30-3)33-15-13-22(14-16-33)20-37-27-11-9-24(10-12-27)23-5-7-25(8-6-23)28(36)31-18-26(35)19-34/h5,9-12,17,22,25-26,34-35H,3-4,6-8,13-16,18-20H2,1-2H3,(H,31,36)/b21-17+,32-29?/t25?,26-/m0/s1. The fourth-order valence-electron chi connectivity index (χ4n) is 4.52. The number of hydrogen-bond donors (Lipinski definition) is 3. The van der Waals surface area contributed by atoms with E-state index in [2.05, 4.69) is 59.0 Å². The quantitative estimate of drug-likeness (QED) is 0.328. The number of benzene rings is 1. The van der Waals surface area contributed by atoms with Crippen molar-refractivity contribution in [3.8, 4) is 5.75 Å². The van der Waals surface area contributed by atoms with Gasteiger partial charge in [0.05, 0.1) is 19.3 Å². The molecule has 8 heteroatoms. The number of nitrogens with zero attached hydrogens (tertiary/aromatic N) is 3. The van der Waals surface area contributed by atoms with E-state index in [-0.39, 0.29) is 25.0 Å². The van der Waals surface area contributed by atoms with Crippen molar-refractivity contribution < 1.29 is 19.7 Å². The van der Waals surface area contributed by atoms with Crippen molar-refractivity contribution in [1.82, 2.24) is 10.2 Å². The second-order valence-electron chi connectivity index (χ2n) is 9.96. The maximum atomic E-state index is 12.3. The second kappa shape index (κ2) is 14.7. The van der Waals surface area contributed by atoms with Crippen molar-refractivity contribution in [3.05, 3.63) is 47.7 Å². The molecule has 3 rings (SSSR count). The second-order valence-corrected chi connectivity index (χ2v) is 9.96. The van der Waals surface area contributed by atoms with E-state index in [4.69, 9.17) is 9.84 Å². The molecule has 8 nitrogen and oxygen atoms in total. The summed E-state index contributed by atoms with van der Waals surface area (Å²) in [6.07, 6.45) is 8.42. The van der Waals surface area contributed by atoms with Gasteiger partial charge in [0.2, 0.25) is 11.9 Å². The molecule has 1 heterocycles. The van der Waals surface area contributed by atoms with E-state index in [1.807, 2.05) is 18.3 Å². The fraction of sp³-hybridized carbons (Fsp3) is 0.552. The summed E-state index contributed by atoms with van der Waals surface area (Å²) in [5.74, 6) is 1.91. The molecule has 37 heavy (non-hydrogen) atoms. The number of rotatable bonds is 10. The zero-order valence-corrected chi connectivity index (χ0v) is 22.2. The molecule has 2 aliphatic rings. The molecular formula is C29H42N4O4. The van der Waals surface area contributed by atoms with Gasteiger partial charge in [-0.05, 0) is 81.4 Å². The summed E-state index contributed by atoms with van der Waals surface area (Å²) in [4.78, 5) is 23.1. The van der Waals surface area contributed by atoms with Crippen LogP contribution in [0.2, 0.25) is 0 Å². The van der Waals surface area contributed by atoms with Crippen LogP contribution in [-0.4, -0.2) is 72.6 Å². The number of carbonyl (C=O) groups is 1. The number of likely N-dealkylation sites (tertiary alicyclic amines) is 1. The Balaban J connectivity index is 1.43. The van der Waals surface area contributed by atoms with Crippen LogP contribution in [0, 0.1) is 11.8 Å². The lowest BCUT2D eigenvalue weighted by atomic mass is 9.86. The van der Waals surface area contributed by atoms with Crippen LogP contribution in [0.25, 0.3) is 5.57 Å². The summed E-state index contributed by atoms with van der Waals surface area (Å²) in [6.45, 7) is 10.1. The van der Waals surface area contributed by atoms with Crippen molar-refractivity contribution in [2.75, 3.05) is 32.8 Å². The van der Waals surface area contributed by atoms with Crippen molar-refractivity contribution >= 4 is 24.2 Å². The molecule has 0 aromatic heterocycles. The number of nitrogens with one attached hydrogen (secondary N) is 1. The summed E-state index contributed by atoms with van der Waals surface area (Å²) in [5, 5.41) is 21.0. The van der Waals surface area contributed by atoms with Crippen LogP contribution in [0.3, 0.4) is 0 Å². The van der Waals surface area contributed by atoms with Gasteiger partial charge in [-0.25, -0.2) is 9.98 Å². The Morgan fingerprint density at radius 1 is 1.27 bits per heavy atom. The highest BCUT2D eigenvalue weighted by molar-refractivity contribution is 5.84. The minimum atomic E-state index is -0.911. The third-order valence-electron chi connectivity index (χ3n) is 7.21. The fourth-order valence-corrected chi connectivity index (χ4v) is 4.52. The molecule has 2 atom stereocenters. The Morgan fingerprint density at radius 2 is 2.00 bits per heavy atom. The first-order valence-electron chi connectivity index (χ1n) is 13.4. The van der Waals surface area contributed by atoms with Crippen LogP contribution in [0.15, 0.2) is 52.1 Å². The molecule has 1 amide bonds. The van der Waals surface area contributed by atoms with Crippen LogP contribution in [0.4, 0.5) is 0 Å². The Kier molecular flexibility index (Phi) is 11.4. The van der Waals surface area contributed by atoms with E-state index in [1.165, 1.54) is 11.1 Å². The van der Waals surface area contributed by atoms with E-state index in [0.717, 1.165) is 56.5 Å². The predicted octanol–water partition coefficient (Wildman–Crippen LogP) is 3.80. The van der Waals surface area contributed by atoms with Gasteiger partial charge >= 0.3 is 0 Å². The highest BCUT2D eigenvalue weighted by atomic mass is 16.5. The van der Waals surface area contributed by atoms with Crippen molar-refractivity contribution in [2.24, 2.45) is 21.8 Å². The summed E-state index contributed by atoms with van der Waals surface area (Å²) in [5.41, 5.74) is 3.63. The number of aliphatic hydroxyl groups excluding tert-OH is 2. The van der Waals surface area contributed by atoms with Gasteiger partial charge in [-0.15, -0.1) is 0 Å². The minimum Gasteiger partial charge on any atom is -0.493 e. The largest absolute Gasteiger partial charge is 0.493 e. The molecular weight excluding hydrogens is 468 g/mol. The molecule has 1 fully saturated rings. The van der Waals surface area contributed by atoms with Gasteiger partial charge in [0.25, 0.3) is 0 Å². The number of guanidine groups is 1. The lowest BCUT2D eigenvalue weighted by molar-refractivity contribution is -0.125. The monoisotopic (exact) mass is 510 g/mol. The zero-order valence-electron chi connectivity index (χ0n) is 22.2. The molecule has 1 aliphatic carbocycles. The average molecular weight is 511 g/mol. The highest BCUT2D eigenvalue weighted by Gasteiger charge is 2.23. The molecule has 0 spiro atoms. The lowest BCUT2D eigenvalue weighted by Crippen LogP contribution is -2.38. The average Bonchev–Trinajstić information content (AvgIpc) is 2.95. The van der Waals surface area contributed by atoms with Crippen molar-refractivity contribution in [1.29, 1.82) is 0 Å². The minimum absolute atomic E-state index is 0.0647. The lowest BCUT2D eigenvalue weighted by Gasteiger charge is -2.32.